The lowest BCUT2D eigenvalue weighted by molar-refractivity contribution is -0.116. The smallest absolute Gasteiger partial charge is 0.240 e. The minimum atomic E-state index is -0.444. The largest absolute Gasteiger partial charge is 0.497 e. The van der Waals surface area contributed by atoms with Gasteiger partial charge in [-0.1, -0.05) is 35.5 Å². The molecule has 144 valence electrons. The molecule has 28 heavy (non-hydrogen) atoms. The fourth-order valence-electron chi connectivity index (χ4n) is 2.97. The number of methoxy groups -OCH3 is 1. The first kappa shape index (κ1) is 18.6. The van der Waals surface area contributed by atoms with Crippen LogP contribution in [-0.2, 0) is 4.79 Å². The first-order valence-electron chi connectivity index (χ1n) is 8.61. The summed E-state index contributed by atoms with van der Waals surface area (Å²) in [5.74, 6) is 1.36. The van der Waals surface area contributed by atoms with Crippen molar-refractivity contribution in [1.29, 1.82) is 0 Å². The maximum absolute atomic E-state index is 13.1. The second-order valence-corrected chi connectivity index (χ2v) is 7.82. The van der Waals surface area contributed by atoms with E-state index in [1.807, 2.05) is 35.9 Å². The van der Waals surface area contributed by atoms with Crippen LogP contribution in [0.5, 0.6) is 5.75 Å². The van der Waals surface area contributed by atoms with Gasteiger partial charge in [-0.2, -0.15) is 0 Å². The lowest BCUT2D eigenvalue weighted by atomic mass is 10.0. The molecular formula is C19H18ClN5O2S. The summed E-state index contributed by atoms with van der Waals surface area (Å²) in [6, 6.07) is 14.4. The molecule has 2 heterocycles. The van der Waals surface area contributed by atoms with Crippen LogP contribution in [0.1, 0.15) is 17.4 Å². The summed E-state index contributed by atoms with van der Waals surface area (Å²) in [7, 11) is 1.62. The minimum absolute atomic E-state index is 0.132. The van der Waals surface area contributed by atoms with Crippen LogP contribution in [0.15, 0.2) is 53.7 Å². The van der Waals surface area contributed by atoms with E-state index in [0.717, 1.165) is 17.1 Å². The summed E-state index contributed by atoms with van der Waals surface area (Å²) in [6.07, 6.45) is 0. The molecule has 0 radical (unpaired) electrons. The fourth-order valence-corrected chi connectivity index (χ4v) is 4.22. The Kier molecular flexibility index (Phi) is 5.15. The van der Waals surface area contributed by atoms with Gasteiger partial charge in [0, 0.05) is 10.7 Å². The number of fused-ring (bicyclic) bond motifs is 1. The monoisotopic (exact) mass is 415 g/mol. The van der Waals surface area contributed by atoms with Crippen molar-refractivity contribution >= 4 is 35.0 Å². The van der Waals surface area contributed by atoms with Gasteiger partial charge >= 0.3 is 0 Å². The number of benzene rings is 2. The van der Waals surface area contributed by atoms with Gasteiger partial charge in [-0.3, -0.25) is 4.79 Å². The first-order valence-corrected chi connectivity index (χ1v) is 9.86. The number of carbonyl (C=O) groups excluding carboxylic acids is 1. The van der Waals surface area contributed by atoms with E-state index in [-0.39, 0.29) is 11.9 Å². The number of ether oxygens (including phenoxy) is 1. The third kappa shape index (κ3) is 3.65. The lowest BCUT2D eigenvalue weighted by Crippen LogP contribution is -2.41. The number of aromatic nitrogens is 3. The number of rotatable bonds is 4. The van der Waals surface area contributed by atoms with Crippen LogP contribution in [0.3, 0.4) is 0 Å². The molecule has 1 amide bonds. The number of aryl methyl sites for hydroxylation is 1. The number of nitrogens with zero attached hydrogens (tertiary/aromatic N) is 3. The first-order chi connectivity index (χ1) is 13.5. The highest BCUT2D eigenvalue weighted by molar-refractivity contribution is 8.00. The summed E-state index contributed by atoms with van der Waals surface area (Å²) in [5, 5.41) is 12.0. The van der Waals surface area contributed by atoms with Gasteiger partial charge in [0.05, 0.1) is 13.2 Å². The topological polar surface area (TPSA) is 81.1 Å². The van der Waals surface area contributed by atoms with E-state index in [1.165, 1.54) is 11.8 Å². The van der Waals surface area contributed by atoms with Gasteiger partial charge in [-0.05, 0) is 48.9 Å². The van der Waals surface area contributed by atoms with Crippen LogP contribution < -0.4 is 15.5 Å². The summed E-state index contributed by atoms with van der Waals surface area (Å²) >= 11 is 7.31. The number of nitrogens with one attached hydrogen (secondary N) is 2. The third-order valence-corrected chi connectivity index (χ3v) is 5.91. The number of thioether (sulfide) groups is 1. The normalized spacial score (nSPS) is 18.1. The molecule has 0 aliphatic carbocycles. The van der Waals surface area contributed by atoms with Gasteiger partial charge in [-0.25, -0.2) is 4.68 Å². The molecule has 4 rings (SSSR count). The van der Waals surface area contributed by atoms with Gasteiger partial charge in [0.1, 0.15) is 16.8 Å². The molecule has 0 saturated heterocycles. The van der Waals surface area contributed by atoms with Gasteiger partial charge in [0.25, 0.3) is 0 Å². The van der Waals surface area contributed by atoms with E-state index in [9.17, 15) is 4.79 Å². The van der Waals surface area contributed by atoms with Crippen LogP contribution in [0.2, 0.25) is 5.02 Å². The van der Waals surface area contributed by atoms with Crippen LogP contribution >= 0.6 is 23.4 Å². The van der Waals surface area contributed by atoms with E-state index in [1.54, 1.807) is 31.4 Å². The predicted octanol–water partition coefficient (Wildman–Crippen LogP) is 3.65. The Morgan fingerprint density at radius 1 is 1.18 bits per heavy atom. The Labute approximate surface area is 171 Å². The number of amides is 1. The van der Waals surface area contributed by atoms with Crippen molar-refractivity contribution in [3.8, 4) is 5.75 Å². The number of halogens is 1. The molecule has 2 N–H and O–H groups in total. The summed E-state index contributed by atoms with van der Waals surface area (Å²) in [6.45, 7) is 1.86. The SMILES string of the molecule is COc1ccc([C@H]2Nn3c(C)nnc3S[C@@H]2C(=O)Nc2ccc(Cl)cc2)cc1. The average Bonchev–Trinajstić information content (AvgIpc) is 3.09. The molecule has 1 aliphatic rings. The van der Waals surface area contributed by atoms with Crippen LogP contribution in [0.4, 0.5) is 5.69 Å². The molecule has 0 bridgehead atoms. The van der Waals surface area contributed by atoms with E-state index in [2.05, 4.69) is 20.9 Å². The maximum atomic E-state index is 13.1. The molecule has 2 aromatic carbocycles. The number of hydrogen-bond donors (Lipinski definition) is 2. The minimum Gasteiger partial charge on any atom is -0.497 e. The van der Waals surface area contributed by atoms with Crippen molar-refractivity contribution in [3.05, 3.63) is 64.9 Å². The Bertz CT molecular complexity index is 991. The lowest BCUT2D eigenvalue weighted by Gasteiger charge is -2.32. The molecule has 0 fully saturated rings. The molecule has 0 spiro atoms. The molecule has 1 aromatic heterocycles. The average molecular weight is 416 g/mol. The molecular weight excluding hydrogens is 398 g/mol. The van der Waals surface area contributed by atoms with Crippen LogP contribution in [-0.4, -0.2) is 33.1 Å². The highest BCUT2D eigenvalue weighted by atomic mass is 35.5. The zero-order valence-electron chi connectivity index (χ0n) is 15.2. The zero-order chi connectivity index (χ0) is 19.7. The van der Waals surface area contributed by atoms with E-state index >= 15 is 0 Å². The van der Waals surface area contributed by atoms with E-state index < -0.39 is 5.25 Å². The highest BCUT2D eigenvalue weighted by Crippen LogP contribution is 2.37. The summed E-state index contributed by atoms with van der Waals surface area (Å²) in [4.78, 5) is 13.1. The molecule has 0 saturated carbocycles. The van der Waals surface area contributed by atoms with Gasteiger partial charge < -0.3 is 15.5 Å². The Morgan fingerprint density at radius 3 is 2.57 bits per heavy atom. The van der Waals surface area contributed by atoms with Crippen LogP contribution in [0.25, 0.3) is 0 Å². The van der Waals surface area contributed by atoms with Crippen molar-refractivity contribution in [2.75, 3.05) is 17.9 Å². The Balaban J connectivity index is 1.64. The van der Waals surface area contributed by atoms with Crippen LogP contribution in [0, 0.1) is 6.92 Å². The van der Waals surface area contributed by atoms with E-state index in [0.29, 0.717) is 15.9 Å². The zero-order valence-corrected chi connectivity index (χ0v) is 16.8. The number of hydrogen-bond acceptors (Lipinski definition) is 6. The van der Waals surface area contributed by atoms with Gasteiger partial charge in [0.15, 0.2) is 0 Å². The van der Waals surface area contributed by atoms with Gasteiger partial charge in [-0.15, -0.1) is 10.2 Å². The fraction of sp³-hybridized carbons (Fsp3) is 0.211. The molecule has 3 aromatic rings. The molecule has 0 unspecified atom stereocenters. The van der Waals surface area contributed by atoms with Crippen molar-refractivity contribution < 1.29 is 9.53 Å². The Morgan fingerprint density at radius 2 is 1.89 bits per heavy atom. The van der Waals surface area contributed by atoms with Crippen molar-refractivity contribution in [2.24, 2.45) is 0 Å². The highest BCUT2D eigenvalue weighted by Gasteiger charge is 2.37. The summed E-state index contributed by atoms with van der Waals surface area (Å²) in [5.41, 5.74) is 5.02. The van der Waals surface area contributed by atoms with Crippen molar-refractivity contribution in [1.82, 2.24) is 14.9 Å². The Hall–Kier alpha value is -2.71. The summed E-state index contributed by atoms with van der Waals surface area (Å²) < 4.78 is 7.05. The number of anilines is 1. The quantitative estimate of drug-likeness (QED) is 0.677. The third-order valence-electron chi connectivity index (χ3n) is 4.44. The molecule has 1 aliphatic heterocycles. The maximum Gasteiger partial charge on any atom is 0.240 e. The molecule has 2 atom stereocenters. The predicted molar refractivity (Wildman–Crippen MR) is 110 cm³/mol. The molecule has 9 heteroatoms. The number of carbonyl (C=O) groups is 1. The van der Waals surface area contributed by atoms with Crippen molar-refractivity contribution in [3.63, 3.8) is 0 Å². The standard InChI is InChI=1S/C19H18ClN5O2S/c1-11-22-23-19-25(11)24-16(12-3-9-15(27-2)10-4-12)17(28-19)18(26)21-14-7-5-13(20)6-8-14/h3-10,16-17,24H,1-2H3,(H,21,26)/t16-,17+/m1/s1. The van der Waals surface area contributed by atoms with E-state index in [4.69, 9.17) is 16.3 Å². The second kappa shape index (κ2) is 7.73. The second-order valence-electron chi connectivity index (χ2n) is 6.28. The molecule has 7 nitrogen and oxygen atoms in total. The van der Waals surface area contributed by atoms with Crippen molar-refractivity contribution in [2.45, 2.75) is 23.4 Å². The van der Waals surface area contributed by atoms with Gasteiger partial charge in [0.2, 0.25) is 11.1 Å².